The zero-order chi connectivity index (χ0) is 25.1. The first-order chi connectivity index (χ1) is 15.9. The van der Waals surface area contributed by atoms with Gasteiger partial charge in [0.1, 0.15) is 6.54 Å². The van der Waals surface area contributed by atoms with Crippen LogP contribution in [0.3, 0.4) is 0 Å². The van der Waals surface area contributed by atoms with Crippen LogP contribution in [0.5, 0.6) is 0 Å². The summed E-state index contributed by atoms with van der Waals surface area (Å²) in [6.45, 7) is 3.05. The number of anilines is 1. The van der Waals surface area contributed by atoms with Crippen LogP contribution in [0.1, 0.15) is 22.3 Å². The molecule has 1 N–H and O–H groups in total. The van der Waals surface area contributed by atoms with E-state index in [9.17, 15) is 26.4 Å². The molecule has 10 heteroatoms. The lowest BCUT2D eigenvalue weighted by molar-refractivity contribution is -0.137. The quantitative estimate of drug-likeness (QED) is 0.457. The van der Waals surface area contributed by atoms with E-state index in [1.165, 1.54) is 12.1 Å². The number of carbonyl (C=O) groups is 1. The fourth-order valence-electron chi connectivity index (χ4n) is 3.23. The van der Waals surface area contributed by atoms with Crippen LogP contribution in [-0.4, -0.2) is 20.9 Å². The van der Waals surface area contributed by atoms with Crippen molar-refractivity contribution in [2.75, 3.05) is 10.8 Å². The van der Waals surface area contributed by atoms with Crippen molar-refractivity contribution < 1.29 is 26.4 Å². The zero-order valence-corrected chi connectivity index (χ0v) is 19.9. The first-order valence-electron chi connectivity index (χ1n) is 10.2. The molecule has 0 aromatic heterocycles. The molecule has 0 fully saturated rings. The van der Waals surface area contributed by atoms with E-state index in [0.29, 0.717) is 10.4 Å². The van der Waals surface area contributed by atoms with E-state index in [-0.39, 0.29) is 17.1 Å². The summed E-state index contributed by atoms with van der Waals surface area (Å²) in [5.74, 6) is -0.678. The maximum absolute atomic E-state index is 13.4. The topological polar surface area (TPSA) is 66.5 Å². The molecule has 0 bridgehead atoms. The van der Waals surface area contributed by atoms with Crippen molar-refractivity contribution in [1.82, 2.24) is 5.32 Å². The van der Waals surface area contributed by atoms with E-state index in [1.807, 2.05) is 25.1 Å². The molecule has 0 saturated carbocycles. The summed E-state index contributed by atoms with van der Waals surface area (Å²) in [5, 5.41) is 2.06. The Hall–Kier alpha value is -3.04. The molecule has 3 aromatic carbocycles. The molecule has 0 aliphatic rings. The summed E-state index contributed by atoms with van der Waals surface area (Å²) in [4.78, 5) is 12.6. The number of nitrogens with one attached hydrogen (secondary N) is 1. The van der Waals surface area contributed by atoms with Crippen LogP contribution in [0.25, 0.3) is 0 Å². The Kier molecular flexibility index (Phi) is 7.57. The van der Waals surface area contributed by atoms with Crippen molar-refractivity contribution in [2.24, 2.45) is 0 Å². The molecule has 0 radical (unpaired) electrons. The Morgan fingerprint density at radius 1 is 1.00 bits per heavy atom. The van der Waals surface area contributed by atoms with Gasteiger partial charge in [0.2, 0.25) is 5.91 Å². The second kappa shape index (κ2) is 10.1. The van der Waals surface area contributed by atoms with Crippen LogP contribution in [0, 0.1) is 13.8 Å². The summed E-state index contributed by atoms with van der Waals surface area (Å²) in [5.41, 5.74) is 1.03. The first kappa shape index (κ1) is 25.6. The molecule has 0 saturated heterocycles. The van der Waals surface area contributed by atoms with Crippen LogP contribution < -0.4 is 9.62 Å². The highest BCUT2D eigenvalue weighted by atomic mass is 35.5. The molecule has 0 heterocycles. The maximum Gasteiger partial charge on any atom is 0.417 e. The standard InChI is InChI=1S/C24H22ClF3N2O3S/c1-16-7-10-20(11-8-16)34(32,33)30(19-9-12-22(25)21(13-19)24(26,27)28)15-23(31)29-14-18-6-4-3-5-17(18)2/h3-13H,14-15H2,1-2H3,(H,29,31). The number of halogens is 4. The predicted molar refractivity (Wildman–Crippen MR) is 125 cm³/mol. The second-order valence-electron chi connectivity index (χ2n) is 7.69. The van der Waals surface area contributed by atoms with Gasteiger partial charge in [-0.1, -0.05) is 53.6 Å². The number of alkyl halides is 3. The number of rotatable bonds is 7. The molecular weight excluding hydrogens is 489 g/mol. The van der Waals surface area contributed by atoms with Crippen LogP contribution in [-0.2, 0) is 27.5 Å². The van der Waals surface area contributed by atoms with Crippen molar-refractivity contribution in [3.05, 3.63) is 94.0 Å². The molecular formula is C24H22ClF3N2O3S. The number of hydrogen-bond donors (Lipinski definition) is 1. The lowest BCUT2D eigenvalue weighted by Gasteiger charge is -2.25. The van der Waals surface area contributed by atoms with Crippen LogP contribution in [0.4, 0.5) is 18.9 Å². The van der Waals surface area contributed by atoms with Gasteiger partial charge in [-0.2, -0.15) is 13.2 Å². The van der Waals surface area contributed by atoms with Gasteiger partial charge in [0.15, 0.2) is 0 Å². The number of amides is 1. The van der Waals surface area contributed by atoms with Gasteiger partial charge < -0.3 is 5.32 Å². The highest BCUT2D eigenvalue weighted by Gasteiger charge is 2.35. The van der Waals surface area contributed by atoms with Gasteiger partial charge in [-0.15, -0.1) is 0 Å². The molecule has 0 aliphatic heterocycles. The smallest absolute Gasteiger partial charge is 0.350 e. The fraction of sp³-hybridized carbons (Fsp3) is 0.208. The molecule has 34 heavy (non-hydrogen) atoms. The third-order valence-electron chi connectivity index (χ3n) is 5.18. The number of benzene rings is 3. The molecule has 0 spiro atoms. The minimum absolute atomic E-state index is 0.137. The average Bonchev–Trinajstić information content (AvgIpc) is 2.77. The third-order valence-corrected chi connectivity index (χ3v) is 7.29. The lowest BCUT2D eigenvalue weighted by Crippen LogP contribution is -2.40. The first-order valence-corrected chi connectivity index (χ1v) is 12.0. The monoisotopic (exact) mass is 510 g/mol. The molecule has 180 valence electrons. The number of sulfonamides is 1. The van der Waals surface area contributed by atoms with E-state index < -0.39 is 39.2 Å². The van der Waals surface area contributed by atoms with Crippen LogP contribution >= 0.6 is 11.6 Å². The Labute approximate surface area is 201 Å². The summed E-state index contributed by atoms with van der Waals surface area (Å²) in [7, 11) is -4.37. The van der Waals surface area contributed by atoms with Crippen LogP contribution in [0.15, 0.2) is 71.6 Å². The lowest BCUT2D eigenvalue weighted by atomic mass is 10.1. The van der Waals surface area contributed by atoms with E-state index in [2.05, 4.69) is 5.32 Å². The fourth-order valence-corrected chi connectivity index (χ4v) is 4.86. The van der Waals surface area contributed by atoms with E-state index in [0.717, 1.165) is 28.8 Å². The van der Waals surface area contributed by atoms with E-state index in [1.54, 1.807) is 25.1 Å². The van der Waals surface area contributed by atoms with Gasteiger partial charge in [-0.25, -0.2) is 8.42 Å². The van der Waals surface area contributed by atoms with Gasteiger partial charge >= 0.3 is 6.18 Å². The normalized spacial score (nSPS) is 11.8. The summed E-state index contributed by atoms with van der Waals surface area (Å²) in [6.07, 6.45) is -4.81. The molecule has 0 aliphatic carbocycles. The van der Waals surface area contributed by atoms with Gasteiger partial charge in [0.05, 0.1) is 21.2 Å². The van der Waals surface area contributed by atoms with E-state index >= 15 is 0 Å². The van der Waals surface area contributed by atoms with Gasteiger partial charge in [0, 0.05) is 6.54 Å². The molecule has 3 aromatic rings. The Bertz CT molecular complexity index is 1290. The SMILES string of the molecule is Cc1ccc(S(=O)(=O)N(CC(=O)NCc2ccccc2C)c2ccc(Cl)c(C(F)(F)F)c2)cc1. The average molecular weight is 511 g/mol. The predicted octanol–water partition coefficient (Wildman–Crippen LogP) is 5.49. The van der Waals surface area contributed by atoms with Crippen LogP contribution in [0.2, 0.25) is 5.02 Å². The molecule has 0 atom stereocenters. The van der Waals surface area contributed by atoms with Gasteiger partial charge in [-0.05, 0) is 55.3 Å². The Morgan fingerprint density at radius 2 is 1.65 bits per heavy atom. The number of aryl methyl sites for hydroxylation is 2. The third kappa shape index (κ3) is 5.90. The zero-order valence-electron chi connectivity index (χ0n) is 18.4. The maximum atomic E-state index is 13.4. The highest BCUT2D eigenvalue weighted by Crippen LogP contribution is 2.38. The van der Waals surface area contributed by atoms with Crippen molar-refractivity contribution >= 4 is 33.2 Å². The summed E-state index contributed by atoms with van der Waals surface area (Å²) < 4.78 is 67.7. The minimum atomic E-state index is -4.81. The molecule has 3 rings (SSSR count). The number of carbonyl (C=O) groups excluding carboxylic acids is 1. The van der Waals surface area contributed by atoms with Gasteiger partial charge in [0.25, 0.3) is 10.0 Å². The summed E-state index contributed by atoms with van der Waals surface area (Å²) in [6, 6.07) is 15.8. The summed E-state index contributed by atoms with van der Waals surface area (Å²) >= 11 is 5.71. The van der Waals surface area contributed by atoms with E-state index in [4.69, 9.17) is 11.6 Å². The Balaban J connectivity index is 1.98. The van der Waals surface area contributed by atoms with Crippen molar-refractivity contribution in [3.8, 4) is 0 Å². The molecule has 5 nitrogen and oxygen atoms in total. The number of hydrogen-bond acceptors (Lipinski definition) is 3. The minimum Gasteiger partial charge on any atom is -0.350 e. The molecule has 0 unspecified atom stereocenters. The van der Waals surface area contributed by atoms with Gasteiger partial charge in [-0.3, -0.25) is 9.10 Å². The second-order valence-corrected chi connectivity index (χ2v) is 9.96. The largest absolute Gasteiger partial charge is 0.417 e. The molecule has 1 amide bonds. The number of nitrogens with zero attached hydrogens (tertiary/aromatic N) is 1. The van der Waals surface area contributed by atoms with Crippen molar-refractivity contribution in [3.63, 3.8) is 0 Å². The Morgan fingerprint density at radius 3 is 2.26 bits per heavy atom. The van der Waals surface area contributed by atoms with Crippen molar-refractivity contribution in [1.29, 1.82) is 0 Å². The highest BCUT2D eigenvalue weighted by molar-refractivity contribution is 7.92. The van der Waals surface area contributed by atoms with Crippen molar-refractivity contribution in [2.45, 2.75) is 31.5 Å².